The molecule has 0 aliphatic heterocycles. The van der Waals surface area contributed by atoms with E-state index in [1.807, 2.05) is 12.1 Å². The van der Waals surface area contributed by atoms with Gasteiger partial charge in [0.15, 0.2) is 5.96 Å². The topological polar surface area (TPSA) is 68.0 Å². The smallest absolute Gasteiger partial charge is 0.191 e. The van der Waals surface area contributed by atoms with Crippen LogP contribution in [0.3, 0.4) is 0 Å². The second-order valence-corrected chi connectivity index (χ2v) is 5.23. The highest BCUT2D eigenvalue weighted by Crippen LogP contribution is 1.99. The van der Waals surface area contributed by atoms with Crippen LogP contribution in [0.25, 0.3) is 0 Å². The molecule has 24 heavy (non-hydrogen) atoms. The van der Waals surface area contributed by atoms with Gasteiger partial charge in [0.2, 0.25) is 0 Å². The van der Waals surface area contributed by atoms with Gasteiger partial charge in [-0.2, -0.15) is 0 Å². The van der Waals surface area contributed by atoms with E-state index in [1.54, 1.807) is 13.4 Å². The number of guanidine groups is 1. The van der Waals surface area contributed by atoms with Gasteiger partial charge < -0.3 is 24.5 Å². The van der Waals surface area contributed by atoms with Crippen molar-refractivity contribution in [3.63, 3.8) is 0 Å². The molecule has 6 nitrogen and oxygen atoms in total. The standard InChI is InChI=1S/C17H31N3O3.HI/c1-3-4-12-22-13-6-9-18-17(20-11-15-21-2)19-10-8-16-7-5-14-23-16;/h5,7,14H,3-4,6,8-13,15H2,1-2H3,(H2,18,19,20);1H. The highest BCUT2D eigenvalue weighted by molar-refractivity contribution is 14.0. The van der Waals surface area contributed by atoms with E-state index in [2.05, 4.69) is 22.5 Å². The van der Waals surface area contributed by atoms with Gasteiger partial charge >= 0.3 is 0 Å². The van der Waals surface area contributed by atoms with Crippen molar-refractivity contribution in [2.75, 3.05) is 46.6 Å². The minimum Gasteiger partial charge on any atom is -0.469 e. The number of methoxy groups -OCH3 is 1. The van der Waals surface area contributed by atoms with Crippen molar-refractivity contribution < 1.29 is 13.9 Å². The molecular formula is C17H32IN3O3. The van der Waals surface area contributed by atoms with Crippen LogP contribution in [0.1, 0.15) is 31.9 Å². The molecule has 0 amide bonds. The van der Waals surface area contributed by atoms with Crippen molar-refractivity contribution in [3.8, 4) is 0 Å². The summed E-state index contributed by atoms with van der Waals surface area (Å²) < 4.78 is 15.9. The fourth-order valence-electron chi connectivity index (χ4n) is 1.91. The first-order valence-electron chi connectivity index (χ1n) is 8.48. The molecule has 0 saturated heterocycles. The number of unbranched alkanes of at least 4 members (excludes halogenated alkanes) is 1. The Hall–Kier alpha value is -0.800. The zero-order valence-corrected chi connectivity index (χ0v) is 17.2. The van der Waals surface area contributed by atoms with Crippen molar-refractivity contribution in [3.05, 3.63) is 24.2 Å². The average Bonchev–Trinajstić information content (AvgIpc) is 3.07. The molecule has 0 spiro atoms. The minimum atomic E-state index is 0. The number of aliphatic imine (C=N–C) groups is 1. The molecule has 0 aliphatic rings. The molecule has 1 aromatic rings. The van der Waals surface area contributed by atoms with Gasteiger partial charge in [0.05, 0.1) is 12.9 Å². The van der Waals surface area contributed by atoms with Crippen LogP contribution in [0, 0.1) is 0 Å². The maximum absolute atomic E-state index is 5.54. The Labute approximate surface area is 162 Å². The summed E-state index contributed by atoms with van der Waals surface area (Å²) in [6, 6.07) is 3.88. The number of halogens is 1. The first-order valence-corrected chi connectivity index (χ1v) is 8.48. The fraction of sp³-hybridized carbons (Fsp3) is 0.706. The zero-order valence-electron chi connectivity index (χ0n) is 14.9. The monoisotopic (exact) mass is 453 g/mol. The summed E-state index contributed by atoms with van der Waals surface area (Å²) in [6.07, 6.45) is 5.75. The zero-order chi connectivity index (χ0) is 16.6. The summed E-state index contributed by atoms with van der Waals surface area (Å²) in [5.74, 6) is 1.78. The predicted molar refractivity (Wildman–Crippen MR) is 108 cm³/mol. The lowest BCUT2D eigenvalue weighted by molar-refractivity contribution is 0.130. The Kier molecular flexibility index (Phi) is 16.5. The molecule has 0 fully saturated rings. The van der Waals surface area contributed by atoms with Gasteiger partial charge in [-0.15, -0.1) is 24.0 Å². The predicted octanol–water partition coefficient (Wildman–Crippen LogP) is 2.83. The lowest BCUT2D eigenvalue weighted by Crippen LogP contribution is -2.40. The minimum absolute atomic E-state index is 0. The first-order chi connectivity index (χ1) is 11.4. The molecule has 0 atom stereocenters. The van der Waals surface area contributed by atoms with E-state index >= 15 is 0 Å². The van der Waals surface area contributed by atoms with Gasteiger partial charge in [0, 0.05) is 46.4 Å². The van der Waals surface area contributed by atoms with E-state index in [9.17, 15) is 0 Å². The lowest BCUT2D eigenvalue weighted by atomic mass is 10.3. The molecule has 0 saturated carbocycles. The number of hydrogen-bond donors (Lipinski definition) is 2. The van der Waals surface area contributed by atoms with Crippen LogP contribution in [-0.4, -0.2) is 52.5 Å². The van der Waals surface area contributed by atoms with Crippen molar-refractivity contribution >= 4 is 29.9 Å². The number of ether oxygens (including phenoxy) is 2. The van der Waals surface area contributed by atoms with Gasteiger partial charge in [-0.25, -0.2) is 0 Å². The Balaban J connectivity index is 0.00000529. The number of nitrogens with one attached hydrogen (secondary N) is 2. The van der Waals surface area contributed by atoms with Crippen LogP contribution < -0.4 is 10.6 Å². The van der Waals surface area contributed by atoms with E-state index in [4.69, 9.17) is 13.9 Å². The van der Waals surface area contributed by atoms with Crippen molar-refractivity contribution in [2.24, 2.45) is 4.99 Å². The van der Waals surface area contributed by atoms with Crippen LogP contribution in [0.5, 0.6) is 0 Å². The third-order valence-electron chi connectivity index (χ3n) is 3.20. The van der Waals surface area contributed by atoms with E-state index in [1.165, 1.54) is 6.42 Å². The van der Waals surface area contributed by atoms with Gasteiger partial charge in [-0.05, 0) is 25.0 Å². The molecule has 140 valence electrons. The van der Waals surface area contributed by atoms with E-state index in [0.29, 0.717) is 6.61 Å². The summed E-state index contributed by atoms with van der Waals surface area (Å²) in [5.41, 5.74) is 0. The molecular weight excluding hydrogens is 421 g/mol. The molecule has 0 aliphatic carbocycles. The third-order valence-corrected chi connectivity index (χ3v) is 3.20. The Bertz CT molecular complexity index is 400. The summed E-state index contributed by atoms with van der Waals surface area (Å²) in [6.45, 7) is 6.69. The van der Waals surface area contributed by atoms with E-state index < -0.39 is 0 Å². The maximum atomic E-state index is 5.54. The summed E-state index contributed by atoms with van der Waals surface area (Å²) in [4.78, 5) is 4.56. The second kappa shape index (κ2) is 17.0. The molecule has 1 heterocycles. The van der Waals surface area contributed by atoms with Crippen LogP contribution in [0.15, 0.2) is 27.8 Å². The quantitative estimate of drug-likeness (QED) is 0.208. The highest BCUT2D eigenvalue weighted by atomic mass is 127. The normalized spacial score (nSPS) is 11.2. The second-order valence-electron chi connectivity index (χ2n) is 5.23. The summed E-state index contributed by atoms with van der Waals surface area (Å²) in [5, 5.41) is 6.57. The van der Waals surface area contributed by atoms with Gasteiger partial charge in [-0.1, -0.05) is 13.3 Å². The van der Waals surface area contributed by atoms with E-state index in [0.717, 1.165) is 63.8 Å². The molecule has 1 rings (SSSR count). The third kappa shape index (κ3) is 12.6. The molecule has 1 aromatic heterocycles. The largest absolute Gasteiger partial charge is 0.469 e. The van der Waals surface area contributed by atoms with Crippen LogP contribution in [0.2, 0.25) is 0 Å². The number of nitrogens with zero attached hydrogens (tertiary/aromatic N) is 1. The molecule has 0 bridgehead atoms. The van der Waals surface area contributed by atoms with Gasteiger partial charge in [0.25, 0.3) is 0 Å². The molecule has 2 N–H and O–H groups in total. The Morgan fingerprint density at radius 2 is 1.96 bits per heavy atom. The Morgan fingerprint density at radius 3 is 2.67 bits per heavy atom. The highest BCUT2D eigenvalue weighted by Gasteiger charge is 2.00. The SMILES string of the molecule is CCCCOCCCN=C(NCCOC)NCCc1ccco1.I. The number of rotatable bonds is 13. The van der Waals surface area contributed by atoms with Crippen molar-refractivity contribution in [2.45, 2.75) is 32.6 Å². The van der Waals surface area contributed by atoms with Gasteiger partial charge in [-0.3, -0.25) is 4.99 Å². The van der Waals surface area contributed by atoms with Crippen LogP contribution in [-0.2, 0) is 15.9 Å². The molecule has 7 heteroatoms. The number of furan rings is 1. The fourth-order valence-corrected chi connectivity index (χ4v) is 1.91. The summed E-state index contributed by atoms with van der Waals surface area (Å²) >= 11 is 0. The first kappa shape index (κ1) is 23.2. The van der Waals surface area contributed by atoms with E-state index in [-0.39, 0.29) is 24.0 Å². The maximum Gasteiger partial charge on any atom is 0.191 e. The number of hydrogen-bond acceptors (Lipinski definition) is 4. The van der Waals surface area contributed by atoms with Crippen molar-refractivity contribution in [1.29, 1.82) is 0 Å². The lowest BCUT2D eigenvalue weighted by Gasteiger charge is -2.12. The van der Waals surface area contributed by atoms with Gasteiger partial charge in [0.1, 0.15) is 5.76 Å². The molecule has 0 aromatic carbocycles. The summed E-state index contributed by atoms with van der Waals surface area (Å²) in [7, 11) is 1.69. The van der Waals surface area contributed by atoms with Crippen LogP contribution >= 0.6 is 24.0 Å². The molecule has 0 radical (unpaired) electrons. The van der Waals surface area contributed by atoms with Crippen molar-refractivity contribution in [1.82, 2.24) is 10.6 Å². The average molecular weight is 453 g/mol. The Morgan fingerprint density at radius 1 is 1.17 bits per heavy atom. The molecule has 0 unspecified atom stereocenters. The van der Waals surface area contributed by atoms with Crippen LogP contribution in [0.4, 0.5) is 0 Å².